The van der Waals surface area contributed by atoms with Crippen LogP contribution in [0.1, 0.15) is 16.0 Å². The van der Waals surface area contributed by atoms with Gasteiger partial charge in [-0.3, -0.25) is 19.2 Å². The normalized spacial score (nSPS) is 15.3. The summed E-state index contributed by atoms with van der Waals surface area (Å²) in [5, 5.41) is 1.62. The first-order valence-electron chi connectivity index (χ1n) is 13.7. The number of nitrogens with zero attached hydrogens (tertiary/aromatic N) is 5. The van der Waals surface area contributed by atoms with E-state index in [1.165, 1.54) is 16.0 Å². The summed E-state index contributed by atoms with van der Waals surface area (Å²) in [6, 6.07) is 16.3. The molecule has 4 aromatic rings. The minimum absolute atomic E-state index is 0. The van der Waals surface area contributed by atoms with Gasteiger partial charge in [-0.1, -0.05) is 35.9 Å². The van der Waals surface area contributed by atoms with Crippen molar-refractivity contribution in [1.29, 1.82) is 0 Å². The van der Waals surface area contributed by atoms with Crippen molar-refractivity contribution >= 4 is 76.1 Å². The number of ether oxygens (including phenoxy) is 1. The number of rotatable bonds is 8. The van der Waals surface area contributed by atoms with Crippen LogP contribution in [0, 0.1) is 0 Å². The van der Waals surface area contributed by atoms with Crippen molar-refractivity contribution in [3.05, 3.63) is 86.2 Å². The molecule has 0 unspecified atom stereocenters. The number of thiophene rings is 1. The smallest absolute Gasteiger partial charge is 0.262 e. The van der Waals surface area contributed by atoms with Crippen LogP contribution in [0.4, 0.5) is 5.69 Å². The second-order valence-corrected chi connectivity index (χ2v) is 11.9. The molecule has 0 radical (unpaired) electrons. The van der Waals surface area contributed by atoms with Crippen LogP contribution >= 0.6 is 60.2 Å². The lowest BCUT2D eigenvalue weighted by Crippen LogP contribution is -2.47. The molecular formula is C30H37Cl4N5O2S. The molecule has 0 spiro atoms. The van der Waals surface area contributed by atoms with E-state index in [1.54, 1.807) is 24.8 Å². The summed E-state index contributed by atoms with van der Waals surface area (Å²) >= 11 is 7.71. The summed E-state index contributed by atoms with van der Waals surface area (Å²) in [6.45, 7) is 8.17. The number of benzene rings is 2. The highest BCUT2D eigenvalue weighted by Gasteiger charge is 2.24. The Morgan fingerprint density at radius 1 is 0.905 bits per heavy atom. The molecule has 1 saturated heterocycles. The molecule has 42 heavy (non-hydrogen) atoms. The first kappa shape index (κ1) is 34.5. The van der Waals surface area contributed by atoms with Crippen molar-refractivity contribution in [2.24, 2.45) is 0 Å². The SMILES string of the molecule is COc1ccccc1N1CCN(CCn2cnc3sc4c(c3c2=O)CCN(CCc2ccc(Cl)cc2)C4)CC1.Cl.Cl.Cl. The quantitative estimate of drug-likeness (QED) is 0.236. The van der Waals surface area contributed by atoms with Crippen LogP contribution in [0.3, 0.4) is 0 Å². The number of fused-ring (bicyclic) bond motifs is 3. The molecule has 2 aliphatic rings. The summed E-state index contributed by atoms with van der Waals surface area (Å²) in [5.74, 6) is 0.917. The molecule has 2 aliphatic heterocycles. The fraction of sp³-hybridized carbons (Fsp3) is 0.400. The summed E-state index contributed by atoms with van der Waals surface area (Å²) in [6.07, 6.45) is 3.65. The van der Waals surface area contributed by atoms with Gasteiger partial charge >= 0.3 is 0 Å². The third-order valence-corrected chi connectivity index (χ3v) is 9.37. The first-order chi connectivity index (χ1) is 19.1. The van der Waals surface area contributed by atoms with Crippen LogP contribution in [0.5, 0.6) is 5.75 Å². The van der Waals surface area contributed by atoms with E-state index >= 15 is 0 Å². The van der Waals surface area contributed by atoms with Crippen molar-refractivity contribution in [1.82, 2.24) is 19.4 Å². The number of methoxy groups -OCH3 is 1. The largest absolute Gasteiger partial charge is 0.495 e. The minimum atomic E-state index is 0. The zero-order chi connectivity index (χ0) is 26.8. The number of hydrogen-bond acceptors (Lipinski definition) is 7. The number of hydrogen-bond donors (Lipinski definition) is 0. The lowest BCUT2D eigenvalue weighted by atomic mass is 10.0. The lowest BCUT2D eigenvalue weighted by Gasteiger charge is -2.36. The molecule has 0 bridgehead atoms. The van der Waals surface area contributed by atoms with Crippen LogP contribution in [0.25, 0.3) is 10.2 Å². The predicted molar refractivity (Wildman–Crippen MR) is 181 cm³/mol. The van der Waals surface area contributed by atoms with Gasteiger partial charge in [0.1, 0.15) is 10.6 Å². The maximum absolute atomic E-state index is 13.5. The molecule has 0 amide bonds. The van der Waals surface area contributed by atoms with E-state index in [0.29, 0.717) is 6.54 Å². The standard InChI is InChI=1S/C30H34ClN5O2S.3ClH/c1-38-26-5-3-2-4-25(26)35-17-14-33(15-18-35)16-19-36-21-32-29-28(30(36)37)24-11-13-34(20-27(24)39-29)12-10-22-6-8-23(31)9-7-22;;;/h2-9,21H,10-20H2,1H3;3*1H. The van der Waals surface area contributed by atoms with E-state index < -0.39 is 0 Å². The molecule has 1 fully saturated rings. The molecule has 7 nitrogen and oxygen atoms in total. The van der Waals surface area contributed by atoms with E-state index in [4.69, 9.17) is 21.3 Å². The fourth-order valence-corrected chi connectivity index (χ4v) is 7.06. The van der Waals surface area contributed by atoms with Crippen molar-refractivity contribution in [2.75, 3.05) is 57.8 Å². The second kappa shape index (κ2) is 15.6. The predicted octanol–water partition coefficient (Wildman–Crippen LogP) is 5.81. The van der Waals surface area contributed by atoms with E-state index in [-0.39, 0.29) is 42.8 Å². The van der Waals surface area contributed by atoms with Crippen molar-refractivity contribution in [3.63, 3.8) is 0 Å². The highest BCUT2D eigenvalue weighted by atomic mass is 35.5. The molecule has 228 valence electrons. The maximum atomic E-state index is 13.5. The zero-order valence-electron chi connectivity index (χ0n) is 23.5. The Morgan fingerprint density at radius 2 is 1.64 bits per heavy atom. The van der Waals surface area contributed by atoms with E-state index in [9.17, 15) is 4.79 Å². The molecule has 0 aliphatic carbocycles. The van der Waals surface area contributed by atoms with Gasteiger partial charge in [-0.15, -0.1) is 48.6 Å². The Morgan fingerprint density at radius 3 is 2.38 bits per heavy atom. The van der Waals surface area contributed by atoms with Gasteiger partial charge in [-0.05, 0) is 48.2 Å². The average molecular weight is 674 g/mol. The Kier molecular flexibility index (Phi) is 12.8. The molecule has 6 rings (SSSR count). The van der Waals surface area contributed by atoms with Gasteiger partial charge in [-0.2, -0.15) is 0 Å². The number of halogens is 4. The van der Waals surface area contributed by atoms with E-state index in [1.807, 2.05) is 28.8 Å². The van der Waals surface area contributed by atoms with Crippen LogP contribution < -0.4 is 15.2 Å². The molecule has 4 heterocycles. The average Bonchev–Trinajstić information content (AvgIpc) is 3.35. The van der Waals surface area contributed by atoms with E-state index in [2.05, 4.69) is 39.0 Å². The fourth-order valence-electron chi connectivity index (χ4n) is 5.71. The Labute approximate surface area is 274 Å². The van der Waals surface area contributed by atoms with Crippen molar-refractivity contribution < 1.29 is 4.74 Å². The van der Waals surface area contributed by atoms with Crippen LogP contribution in [-0.4, -0.2) is 72.3 Å². The van der Waals surface area contributed by atoms with Gasteiger partial charge in [0.05, 0.1) is 24.5 Å². The molecule has 0 N–H and O–H groups in total. The highest BCUT2D eigenvalue weighted by molar-refractivity contribution is 7.18. The van der Waals surface area contributed by atoms with Crippen LogP contribution in [-0.2, 0) is 25.9 Å². The third kappa shape index (κ3) is 7.53. The topological polar surface area (TPSA) is 53.8 Å². The second-order valence-electron chi connectivity index (χ2n) is 10.3. The third-order valence-electron chi connectivity index (χ3n) is 7.99. The summed E-state index contributed by atoms with van der Waals surface area (Å²) < 4.78 is 7.36. The number of aromatic nitrogens is 2. The Hall–Kier alpha value is -2.04. The lowest BCUT2D eigenvalue weighted by molar-refractivity contribution is 0.246. The first-order valence-corrected chi connectivity index (χ1v) is 14.9. The van der Waals surface area contributed by atoms with Gasteiger partial charge in [0.15, 0.2) is 0 Å². The van der Waals surface area contributed by atoms with Crippen molar-refractivity contribution in [3.8, 4) is 5.75 Å². The number of anilines is 1. The Bertz CT molecular complexity index is 1510. The van der Waals surface area contributed by atoms with Gasteiger partial charge in [0.2, 0.25) is 0 Å². The van der Waals surface area contributed by atoms with Gasteiger partial charge in [0, 0.05) is 68.8 Å². The molecule has 2 aromatic heterocycles. The maximum Gasteiger partial charge on any atom is 0.262 e. The minimum Gasteiger partial charge on any atom is -0.495 e. The zero-order valence-corrected chi connectivity index (χ0v) is 27.6. The van der Waals surface area contributed by atoms with Crippen molar-refractivity contribution in [2.45, 2.75) is 25.9 Å². The molecule has 0 saturated carbocycles. The summed E-state index contributed by atoms with van der Waals surface area (Å²) in [4.78, 5) is 27.7. The van der Waals surface area contributed by atoms with E-state index in [0.717, 1.165) is 91.9 Å². The summed E-state index contributed by atoms with van der Waals surface area (Å²) in [5.41, 5.74) is 3.78. The van der Waals surface area contributed by atoms with Crippen LogP contribution in [0.15, 0.2) is 59.7 Å². The number of piperazine rings is 1. The highest BCUT2D eigenvalue weighted by Crippen LogP contribution is 2.32. The molecule has 12 heteroatoms. The Balaban J connectivity index is 0.00000161. The van der Waals surface area contributed by atoms with Gasteiger partial charge in [-0.25, -0.2) is 4.98 Å². The van der Waals surface area contributed by atoms with Crippen LogP contribution in [0.2, 0.25) is 5.02 Å². The molecular weight excluding hydrogens is 636 g/mol. The monoisotopic (exact) mass is 671 g/mol. The molecule has 0 atom stereocenters. The van der Waals surface area contributed by atoms with Gasteiger partial charge < -0.3 is 9.64 Å². The summed E-state index contributed by atoms with van der Waals surface area (Å²) in [7, 11) is 1.72. The van der Waals surface area contributed by atoms with Gasteiger partial charge in [0.25, 0.3) is 5.56 Å². The number of para-hydroxylation sites is 2. The molecule has 2 aromatic carbocycles.